The summed E-state index contributed by atoms with van der Waals surface area (Å²) < 4.78 is 13.0. The van der Waals surface area contributed by atoms with Crippen molar-refractivity contribution < 1.29 is 4.39 Å². The molecule has 1 fully saturated rings. The summed E-state index contributed by atoms with van der Waals surface area (Å²) >= 11 is 0. The predicted molar refractivity (Wildman–Crippen MR) is 68.0 cm³/mol. The van der Waals surface area contributed by atoms with Crippen LogP contribution in [0.5, 0.6) is 0 Å². The summed E-state index contributed by atoms with van der Waals surface area (Å²) in [6.07, 6.45) is 4.73. The molecule has 0 saturated heterocycles. The zero-order chi connectivity index (χ0) is 12.1. The average molecular weight is 236 g/mol. The monoisotopic (exact) mass is 236 g/mol. The maximum atomic E-state index is 13.0. The number of nitrogens with two attached hydrogens (primary N) is 1. The summed E-state index contributed by atoms with van der Waals surface area (Å²) in [5, 5.41) is 3.41. The van der Waals surface area contributed by atoms with Crippen LogP contribution in [0.2, 0.25) is 0 Å². The summed E-state index contributed by atoms with van der Waals surface area (Å²) in [6, 6.07) is 7.18. The fraction of sp³-hybridized carbons (Fsp3) is 0.571. The van der Waals surface area contributed by atoms with Crippen molar-refractivity contribution in [3.05, 3.63) is 35.6 Å². The Balaban J connectivity index is 1.69. The van der Waals surface area contributed by atoms with Crippen molar-refractivity contribution in [1.82, 2.24) is 5.32 Å². The lowest BCUT2D eigenvalue weighted by Crippen LogP contribution is -2.31. The molecule has 0 heterocycles. The van der Waals surface area contributed by atoms with Crippen LogP contribution in [0.15, 0.2) is 24.3 Å². The van der Waals surface area contributed by atoms with E-state index in [1.165, 1.54) is 18.9 Å². The fourth-order valence-corrected chi connectivity index (χ4v) is 2.46. The standard InChI is InChI=1S/C14H21FN2/c15-13-3-1-2-12(8-13)10-17-9-11-4-6-14(16)7-5-11/h1-3,8,11,14,17H,4-7,9-10,16H2. The van der Waals surface area contributed by atoms with Crippen molar-refractivity contribution in [3.8, 4) is 0 Å². The SMILES string of the molecule is NC1CCC(CNCc2cccc(F)c2)CC1. The van der Waals surface area contributed by atoms with Gasteiger partial charge in [-0.2, -0.15) is 0 Å². The summed E-state index contributed by atoms with van der Waals surface area (Å²) in [7, 11) is 0. The minimum absolute atomic E-state index is 0.159. The van der Waals surface area contributed by atoms with Gasteiger partial charge in [-0.05, 0) is 55.8 Å². The summed E-state index contributed by atoms with van der Waals surface area (Å²) in [6.45, 7) is 1.77. The lowest BCUT2D eigenvalue weighted by molar-refractivity contribution is 0.314. The van der Waals surface area contributed by atoms with Gasteiger partial charge in [0.25, 0.3) is 0 Å². The van der Waals surface area contributed by atoms with Crippen LogP contribution in [0.1, 0.15) is 31.2 Å². The average Bonchev–Trinajstić information content (AvgIpc) is 2.32. The van der Waals surface area contributed by atoms with Gasteiger partial charge < -0.3 is 11.1 Å². The molecule has 0 amide bonds. The normalized spacial score (nSPS) is 24.8. The first-order valence-electron chi connectivity index (χ1n) is 6.45. The molecule has 1 aliphatic rings. The Morgan fingerprint density at radius 3 is 2.71 bits per heavy atom. The Labute approximate surface area is 102 Å². The van der Waals surface area contributed by atoms with E-state index in [2.05, 4.69) is 5.32 Å². The minimum Gasteiger partial charge on any atom is -0.328 e. The van der Waals surface area contributed by atoms with Crippen molar-refractivity contribution in [2.75, 3.05) is 6.54 Å². The van der Waals surface area contributed by atoms with E-state index in [0.717, 1.165) is 37.4 Å². The lowest BCUT2D eigenvalue weighted by Gasteiger charge is -2.26. The number of benzene rings is 1. The highest BCUT2D eigenvalue weighted by molar-refractivity contribution is 5.15. The van der Waals surface area contributed by atoms with Gasteiger partial charge in [-0.3, -0.25) is 0 Å². The van der Waals surface area contributed by atoms with Crippen LogP contribution in [0.4, 0.5) is 4.39 Å². The first kappa shape index (κ1) is 12.5. The third kappa shape index (κ3) is 4.10. The van der Waals surface area contributed by atoms with Gasteiger partial charge in [0.1, 0.15) is 5.82 Å². The van der Waals surface area contributed by atoms with E-state index >= 15 is 0 Å². The van der Waals surface area contributed by atoms with E-state index in [4.69, 9.17) is 5.73 Å². The van der Waals surface area contributed by atoms with Gasteiger partial charge in [0.2, 0.25) is 0 Å². The largest absolute Gasteiger partial charge is 0.328 e. The quantitative estimate of drug-likeness (QED) is 0.842. The molecule has 1 aliphatic carbocycles. The van der Waals surface area contributed by atoms with Crippen LogP contribution in [-0.4, -0.2) is 12.6 Å². The zero-order valence-electron chi connectivity index (χ0n) is 10.2. The smallest absolute Gasteiger partial charge is 0.123 e. The topological polar surface area (TPSA) is 38.0 Å². The number of rotatable bonds is 4. The van der Waals surface area contributed by atoms with Crippen LogP contribution in [0.3, 0.4) is 0 Å². The van der Waals surface area contributed by atoms with Gasteiger partial charge in [0, 0.05) is 12.6 Å². The second-order valence-corrected chi connectivity index (χ2v) is 5.04. The van der Waals surface area contributed by atoms with Crippen LogP contribution in [0.25, 0.3) is 0 Å². The molecule has 1 aromatic carbocycles. The molecule has 94 valence electrons. The second kappa shape index (κ2) is 6.12. The molecule has 0 atom stereocenters. The van der Waals surface area contributed by atoms with Gasteiger partial charge >= 0.3 is 0 Å². The molecule has 2 nitrogen and oxygen atoms in total. The first-order chi connectivity index (χ1) is 8.24. The molecule has 3 heteroatoms. The van der Waals surface area contributed by atoms with E-state index in [1.807, 2.05) is 6.07 Å². The van der Waals surface area contributed by atoms with Gasteiger partial charge in [-0.15, -0.1) is 0 Å². The van der Waals surface area contributed by atoms with Crippen LogP contribution in [-0.2, 0) is 6.54 Å². The molecule has 0 spiro atoms. The molecule has 1 aromatic rings. The Kier molecular flexibility index (Phi) is 4.51. The van der Waals surface area contributed by atoms with Crippen molar-refractivity contribution in [2.24, 2.45) is 11.7 Å². The van der Waals surface area contributed by atoms with Crippen molar-refractivity contribution in [1.29, 1.82) is 0 Å². The molecule has 0 bridgehead atoms. The molecule has 1 saturated carbocycles. The molecule has 0 radical (unpaired) electrons. The van der Waals surface area contributed by atoms with Crippen LogP contribution >= 0.6 is 0 Å². The summed E-state index contributed by atoms with van der Waals surface area (Å²) in [5.74, 6) is 0.580. The zero-order valence-corrected chi connectivity index (χ0v) is 10.2. The van der Waals surface area contributed by atoms with Crippen molar-refractivity contribution >= 4 is 0 Å². The molecule has 0 aromatic heterocycles. The highest BCUT2D eigenvalue weighted by atomic mass is 19.1. The predicted octanol–water partition coefficient (Wildman–Crippen LogP) is 2.43. The first-order valence-corrected chi connectivity index (χ1v) is 6.45. The molecule has 2 rings (SSSR count). The minimum atomic E-state index is -0.159. The van der Waals surface area contributed by atoms with E-state index in [1.54, 1.807) is 12.1 Å². The molecule has 0 unspecified atom stereocenters. The summed E-state index contributed by atoms with van der Waals surface area (Å²) in [5.41, 5.74) is 6.88. The van der Waals surface area contributed by atoms with E-state index in [9.17, 15) is 4.39 Å². The summed E-state index contributed by atoms with van der Waals surface area (Å²) in [4.78, 5) is 0. The van der Waals surface area contributed by atoms with Crippen molar-refractivity contribution in [2.45, 2.75) is 38.3 Å². The number of hydrogen-bond acceptors (Lipinski definition) is 2. The number of halogens is 1. The molecular weight excluding hydrogens is 215 g/mol. The van der Waals surface area contributed by atoms with Gasteiger partial charge in [-0.1, -0.05) is 12.1 Å². The number of nitrogens with one attached hydrogen (secondary N) is 1. The molecule has 3 N–H and O–H groups in total. The highest BCUT2D eigenvalue weighted by Gasteiger charge is 2.17. The number of hydrogen-bond donors (Lipinski definition) is 2. The molecule has 0 aliphatic heterocycles. The van der Waals surface area contributed by atoms with Gasteiger partial charge in [0.15, 0.2) is 0 Å². The van der Waals surface area contributed by atoms with E-state index < -0.39 is 0 Å². The van der Waals surface area contributed by atoms with Gasteiger partial charge in [-0.25, -0.2) is 4.39 Å². The van der Waals surface area contributed by atoms with E-state index in [-0.39, 0.29) is 5.82 Å². The molecular formula is C14H21FN2. The maximum Gasteiger partial charge on any atom is 0.123 e. The third-order valence-electron chi connectivity index (χ3n) is 3.54. The van der Waals surface area contributed by atoms with Crippen LogP contribution in [0, 0.1) is 11.7 Å². The molecule has 17 heavy (non-hydrogen) atoms. The maximum absolute atomic E-state index is 13.0. The van der Waals surface area contributed by atoms with Gasteiger partial charge in [0.05, 0.1) is 0 Å². The Morgan fingerprint density at radius 2 is 2.00 bits per heavy atom. The second-order valence-electron chi connectivity index (χ2n) is 5.04. The van der Waals surface area contributed by atoms with Crippen molar-refractivity contribution in [3.63, 3.8) is 0 Å². The third-order valence-corrected chi connectivity index (χ3v) is 3.54. The Morgan fingerprint density at radius 1 is 1.24 bits per heavy atom. The van der Waals surface area contributed by atoms with E-state index in [0.29, 0.717) is 6.04 Å². The van der Waals surface area contributed by atoms with Crippen LogP contribution < -0.4 is 11.1 Å². The lowest BCUT2D eigenvalue weighted by atomic mass is 9.86. The highest BCUT2D eigenvalue weighted by Crippen LogP contribution is 2.22. The Hall–Kier alpha value is -0.930. The Bertz CT molecular complexity index is 346. The fourth-order valence-electron chi connectivity index (χ4n) is 2.46.